The number of H-pyrrole nitrogens is 1. The van der Waals surface area contributed by atoms with Crippen LogP contribution in [0.3, 0.4) is 0 Å². The van der Waals surface area contributed by atoms with Crippen LogP contribution in [0.25, 0.3) is 11.3 Å². The quantitative estimate of drug-likeness (QED) is 0.794. The molecule has 3 rings (SSSR count). The zero-order chi connectivity index (χ0) is 11.0. The van der Waals surface area contributed by atoms with Crippen molar-refractivity contribution in [2.24, 2.45) is 0 Å². The van der Waals surface area contributed by atoms with Gasteiger partial charge < -0.3 is 5.32 Å². The van der Waals surface area contributed by atoms with Gasteiger partial charge in [0, 0.05) is 17.7 Å². The molecule has 0 radical (unpaired) electrons. The van der Waals surface area contributed by atoms with Crippen molar-refractivity contribution in [2.45, 2.75) is 13.0 Å². The molecule has 2 N–H and O–H groups in total. The van der Waals surface area contributed by atoms with Gasteiger partial charge in [0.05, 0.1) is 16.4 Å². The summed E-state index contributed by atoms with van der Waals surface area (Å²) < 4.78 is 0. The molecule has 0 saturated heterocycles. The van der Waals surface area contributed by atoms with Crippen LogP contribution in [0.2, 0.25) is 5.02 Å². The molecule has 3 nitrogen and oxygen atoms in total. The summed E-state index contributed by atoms with van der Waals surface area (Å²) in [6.07, 6.45) is 1.01. The third kappa shape index (κ3) is 1.52. The third-order valence-electron chi connectivity index (χ3n) is 2.94. The van der Waals surface area contributed by atoms with Crippen molar-refractivity contribution in [3.8, 4) is 11.3 Å². The summed E-state index contributed by atoms with van der Waals surface area (Å²) in [5, 5.41) is 11.5. The van der Waals surface area contributed by atoms with Crippen molar-refractivity contribution >= 4 is 11.6 Å². The van der Waals surface area contributed by atoms with Gasteiger partial charge in [0.2, 0.25) is 0 Å². The molecule has 0 fully saturated rings. The molecule has 0 spiro atoms. The van der Waals surface area contributed by atoms with Crippen LogP contribution >= 0.6 is 11.6 Å². The highest BCUT2D eigenvalue weighted by molar-refractivity contribution is 6.33. The number of rotatable bonds is 1. The van der Waals surface area contributed by atoms with Gasteiger partial charge in [-0.25, -0.2) is 0 Å². The average Bonchev–Trinajstić information content (AvgIpc) is 2.74. The van der Waals surface area contributed by atoms with E-state index in [2.05, 4.69) is 15.5 Å². The van der Waals surface area contributed by atoms with Crippen molar-refractivity contribution in [1.29, 1.82) is 0 Å². The van der Waals surface area contributed by atoms with E-state index in [0.29, 0.717) is 0 Å². The first-order valence-electron chi connectivity index (χ1n) is 5.38. The van der Waals surface area contributed by atoms with E-state index in [4.69, 9.17) is 11.6 Å². The maximum atomic E-state index is 6.19. The second kappa shape index (κ2) is 3.92. The Hall–Kier alpha value is -1.32. The Kier molecular flexibility index (Phi) is 2.42. The molecule has 0 amide bonds. The molecular formula is C12H12ClN3. The largest absolute Gasteiger partial charge is 0.311 e. The second-order valence-electron chi connectivity index (χ2n) is 3.94. The maximum absolute atomic E-state index is 6.19. The molecule has 0 saturated carbocycles. The normalized spacial score (nSPS) is 14.8. The van der Waals surface area contributed by atoms with Gasteiger partial charge in [0.15, 0.2) is 0 Å². The summed E-state index contributed by atoms with van der Waals surface area (Å²) >= 11 is 6.19. The zero-order valence-corrected chi connectivity index (χ0v) is 9.51. The second-order valence-corrected chi connectivity index (χ2v) is 4.34. The first-order chi connectivity index (χ1) is 7.86. The maximum Gasteiger partial charge on any atom is 0.0971 e. The topological polar surface area (TPSA) is 40.7 Å². The molecule has 2 heterocycles. The predicted octanol–water partition coefficient (Wildman–Crippen LogP) is 2.38. The molecule has 82 valence electrons. The monoisotopic (exact) mass is 233 g/mol. The van der Waals surface area contributed by atoms with Crippen LogP contribution < -0.4 is 5.32 Å². The van der Waals surface area contributed by atoms with Gasteiger partial charge in [0.25, 0.3) is 0 Å². The fraction of sp³-hybridized carbons (Fsp3) is 0.250. The molecule has 1 aromatic heterocycles. The molecule has 0 atom stereocenters. The van der Waals surface area contributed by atoms with Crippen molar-refractivity contribution in [3.05, 3.63) is 40.5 Å². The molecule has 1 aliphatic heterocycles. The molecule has 1 aliphatic rings. The van der Waals surface area contributed by atoms with Crippen LogP contribution in [0.15, 0.2) is 24.3 Å². The van der Waals surface area contributed by atoms with Crippen molar-refractivity contribution in [2.75, 3.05) is 6.54 Å². The number of benzene rings is 1. The Balaban J connectivity index is 2.13. The van der Waals surface area contributed by atoms with Gasteiger partial charge >= 0.3 is 0 Å². The fourth-order valence-electron chi connectivity index (χ4n) is 2.12. The minimum atomic E-state index is 0.760. The lowest BCUT2D eigenvalue weighted by atomic mass is 10.0. The van der Waals surface area contributed by atoms with E-state index in [9.17, 15) is 0 Å². The van der Waals surface area contributed by atoms with E-state index < -0.39 is 0 Å². The minimum Gasteiger partial charge on any atom is -0.311 e. The van der Waals surface area contributed by atoms with Crippen LogP contribution in [0.4, 0.5) is 0 Å². The van der Waals surface area contributed by atoms with Crippen LogP contribution in [0, 0.1) is 0 Å². The highest BCUT2D eigenvalue weighted by Gasteiger charge is 2.18. The third-order valence-corrected chi connectivity index (χ3v) is 3.26. The molecular weight excluding hydrogens is 222 g/mol. The molecule has 0 aliphatic carbocycles. The van der Waals surface area contributed by atoms with E-state index in [1.807, 2.05) is 24.3 Å². The molecule has 4 heteroatoms. The highest BCUT2D eigenvalue weighted by Crippen LogP contribution is 2.31. The Morgan fingerprint density at radius 2 is 2.12 bits per heavy atom. The fourth-order valence-corrected chi connectivity index (χ4v) is 2.34. The van der Waals surface area contributed by atoms with Crippen LogP contribution in [-0.2, 0) is 13.0 Å². The van der Waals surface area contributed by atoms with Gasteiger partial charge in [-0.2, -0.15) is 5.10 Å². The smallest absolute Gasteiger partial charge is 0.0971 e. The van der Waals surface area contributed by atoms with Gasteiger partial charge in [-0.05, 0) is 19.0 Å². The Morgan fingerprint density at radius 1 is 1.25 bits per heavy atom. The first-order valence-corrected chi connectivity index (χ1v) is 5.76. The lowest BCUT2D eigenvalue weighted by Crippen LogP contribution is -2.23. The van der Waals surface area contributed by atoms with Crippen LogP contribution in [0.1, 0.15) is 11.3 Å². The van der Waals surface area contributed by atoms with Crippen molar-refractivity contribution in [1.82, 2.24) is 15.5 Å². The van der Waals surface area contributed by atoms with E-state index in [-0.39, 0.29) is 0 Å². The summed E-state index contributed by atoms with van der Waals surface area (Å²) in [4.78, 5) is 0. The van der Waals surface area contributed by atoms with Crippen molar-refractivity contribution < 1.29 is 0 Å². The number of hydrogen-bond acceptors (Lipinski definition) is 2. The van der Waals surface area contributed by atoms with E-state index in [1.54, 1.807) is 0 Å². The van der Waals surface area contributed by atoms with Crippen molar-refractivity contribution in [3.63, 3.8) is 0 Å². The summed E-state index contributed by atoms with van der Waals surface area (Å²) in [7, 11) is 0. The minimum absolute atomic E-state index is 0.760. The number of nitrogens with zero attached hydrogens (tertiary/aromatic N) is 1. The summed E-state index contributed by atoms with van der Waals surface area (Å²) in [5.41, 5.74) is 4.50. The SMILES string of the molecule is Clc1ccccc1-c1n[nH]c2c1CCNC2. The zero-order valence-electron chi connectivity index (χ0n) is 8.76. The van der Waals surface area contributed by atoms with Gasteiger partial charge in [-0.1, -0.05) is 29.8 Å². The number of fused-ring (bicyclic) bond motifs is 1. The van der Waals surface area contributed by atoms with Crippen LogP contribution in [-0.4, -0.2) is 16.7 Å². The number of nitrogens with one attached hydrogen (secondary N) is 2. The lowest BCUT2D eigenvalue weighted by molar-refractivity contribution is 0.633. The van der Waals surface area contributed by atoms with E-state index in [0.717, 1.165) is 35.8 Å². The Morgan fingerprint density at radius 3 is 3.00 bits per heavy atom. The Labute approximate surface area is 98.8 Å². The van der Waals surface area contributed by atoms with Gasteiger partial charge in [-0.15, -0.1) is 0 Å². The first kappa shape index (κ1) is 9.87. The number of halogens is 1. The summed E-state index contributed by atoms with van der Waals surface area (Å²) in [6.45, 7) is 1.87. The molecule has 0 bridgehead atoms. The van der Waals surface area contributed by atoms with Crippen LogP contribution in [0.5, 0.6) is 0 Å². The number of aromatic nitrogens is 2. The number of aromatic amines is 1. The molecule has 0 unspecified atom stereocenters. The van der Waals surface area contributed by atoms with Gasteiger partial charge in [-0.3, -0.25) is 5.10 Å². The molecule has 2 aromatic rings. The highest BCUT2D eigenvalue weighted by atomic mass is 35.5. The molecule has 16 heavy (non-hydrogen) atoms. The lowest BCUT2D eigenvalue weighted by Gasteiger charge is -2.13. The van der Waals surface area contributed by atoms with E-state index in [1.165, 1.54) is 11.3 Å². The predicted molar refractivity (Wildman–Crippen MR) is 64.4 cm³/mol. The standard InChI is InChI=1S/C12H12ClN3/c13-10-4-2-1-3-8(10)12-9-5-6-14-7-11(9)15-16-12/h1-4,14H,5-7H2,(H,15,16). The van der Waals surface area contributed by atoms with Gasteiger partial charge in [0.1, 0.15) is 0 Å². The number of hydrogen-bond donors (Lipinski definition) is 2. The average molecular weight is 234 g/mol. The summed E-state index contributed by atoms with van der Waals surface area (Å²) in [5.74, 6) is 0. The molecule has 1 aromatic carbocycles. The van der Waals surface area contributed by atoms with E-state index >= 15 is 0 Å². The summed E-state index contributed by atoms with van der Waals surface area (Å²) in [6, 6.07) is 7.84. The Bertz CT molecular complexity index is 519.